The zero-order valence-corrected chi connectivity index (χ0v) is 9.24. The zero-order valence-electron chi connectivity index (χ0n) is 9.24. The Kier molecular flexibility index (Phi) is 2.95. The molecule has 15 heavy (non-hydrogen) atoms. The van der Waals surface area contributed by atoms with Crippen molar-refractivity contribution in [2.75, 3.05) is 45.9 Å². The van der Waals surface area contributed by atoms with Gasteiger partial charge in [-0.1, -0.05) is 0 Å². The predicted molar refractivity (Wildman–Crippen MR) is 56.4 cm³/mol. The van der Waals surface area contributed by atoms with Crippen LogP contribution in [0, 0.1) is 0 Å². The summed E-state index contributed by atoms with van der Waals surface area (Å²) < 4.78 is 5.25. The third kappa shape index (κ3) is 1.87. The lowest BCUT2D eigenvalue weighted by Crippen LogP contribution is -2.69. The summed E-state index contributed by atoms with van der Waals surface area (Å²) in [7, 11) is 0. The van der Waals surface area contributed by atoms with E-state index in [0.717, 1.165) is 39.4 Å². The molecule has 0 radical (unpaired) electrons. The Bertz CT molecular complexity index is 240. The molecule has 5 heteroatoms. The van der Waals surface area contributed by atoms with Crippen molar-refractivity contribution in [1.29, 1.82) is 0 Å². The van der Waals surface area contributed by atoms with E-state index < -0.39 is 0 Å². The first-order valence-electron chi connectivity index (χ1n) is 5.46. The van der Waals surface area contributed by atoms with Crippen LogP contribution in [0.2, 0.25) is 0 Å². The van der Waals surface area contributed by atoms with Gasteiger partial charge in [-0.3, -0.25) is 9.69 Å². The lowest BCUT2D eigenvalue weighted by molar-refractivity contribution is -0.151. The van der Waals surface area contributed by atoms with E-state index in [0.29, 0.717) is 6.54 Å². The zero-order chi connectivity index (χ0) is 10.9. The fourth-order valence-electron chi connectivity index (χ4n) is 2.26. The van der Waals surface area contributed by atoms with Gasteiger partial charge < -0.3 is 15.4 Å². The maximum Gasteiger partial charge on any atom is 0.219 e. The highest BCUT2D eigenvalue weighted by Crippen LogP contribution is 2.25. The van der Waals surface area contributed by atoms with E-state index in [1.165, 1.54) is 0 Å². The summed E-state index contributed by atoms with van der Waals surface area (Å²) in [6.07, 6.45) is 0. The van der Waals surface area contributed by atoms with Crippen LogP contribution in [-0.2, 0) is 9.53 Å². The summed E-state index contributed by atoms with van der Waals surface area (Å²) >= 11 is 0. The number of amides is 1. The molecule has 2 N–H and O–H groups in total. The summed E-state index contributed by atoms with van der Waals surface area (Å²) in [5.74, 6) is 0.168. The molecule has 2 heterocycles. The Morgan fingerprint density at radius 2 is 1.93 bits per heavy atom. The number of ether oxygens (including phenoxy) is 1. The van der Waals surface area contributed by atoms with Gasteiger partial charge in [-0.15, -0.1) is 0 Å². The van der Waals surface area contributed by atoms with Crippen LogP contribution in [0.4, 0.5) is 0 Å². The number of rotatable bonds is 2. The van der Waals surface area contributed by atoms with Crippen molar-refractivity contribution < 1.29 is 9.53 Å². The number of carbonyl (C=O) groups is 1. The lowest BCUT2D eigenvalue weighted by Gasteiger charge is -2.51. The van der Waals surface area contributed by atoms with Crippen molar-refractivity contribution >= 4 is 5.91 Å². The van der Waals surface area contributed by atoms with Gasteiger partial charge >= 0.3 is 0 Å². The SMILES string of the molecule is CC(=O)N1CCN(C2(CN)COC2)CC1. The van der Waals surface area contributed by atoms with Crippen LogP contribution in [0.25, 0.3) is 0 Å². The van der Waals surface area contributed by atoms with E-state index in [1.54, 1.807) is 6.92 Å². The minimum Gasteiger partial charge on any atom is -0.377 e. The molecule has 2 fully saturated rings. The molecule has 86 valence electrons. The van der Waals surface area contributed by atoms with Gasteiger partial charge in [0.1, 0.15) is 0 Å². The van der Waals surface area contributed by atoms with Gasteiger partial charge in [0, 0.05) is 39.6 Å². The van der Waals surface area contributed by atoms with Crippen molar-refractivity contribution in [2.45, 2.75) is 12.5 Å². The maximum absolute atomic E-state index is 11.2. The number of nitrogens with zero attached hydrogens (tertiary/aromatic N) is 2. The first kappa shape index (κ1) is 10.9. The summed E-state index contributed by atoms with van der Waals surface area (Å²) in [5.41, 5.74) is 5.85. The molecule has 1 amide bonds. The summed E-state index contributed by atoms with van der Waals surface area (Å²) in [5, 5.41) is 0. The normalized spacial score (nSPS) is 26.1. The van der Waals surface area contributed by atoms with Crippen LogP contribution in [0.1, 0.15) is 6.92 Å². The molecular formula is C10H19N3O2. The van der Waals surface area contributed by atoms with Gasteiger partial charge in [-0.05, 0) is 0 Å². The largest absolute Gasteiger partial charge is 0.377 e. The van der Waals surface area contributed by atoms with Crippen LogP contribution in [0.15, 0.2) is 0 Å². The van der Waals surface area contributed by atoms with E-state index in [9.17, 15) is 4.79 Å². The third-order valence-corrected chi connectivity index (χ3v) is 3.52. The van der Waals surface area contributed by atoms with Crippen LogP contribution in [0.5, 0.6) is 0 Å². The molecule has 0 saturated carbocycles. The molecule has 2 aliphatic rings. The van der Waals surface area contributed by atoms with Crippen molar-refractivity contribution in [1.82, 2.24) is 9.80 Å². The van der Waals surface area contributed by atoms with Gasteiger partial charge in [-0.2, -0.15) is 0 Å². The molecule has 2 saturated heterocycles. The molecule has 2 rings (SSSR count). The number of piperazine rings is 1. The topological polar surface area (TPSA) is 58.8 Å². The summed E-state index contributed by atoms with van der Waals surface area (Å²) in [6.45, 7) is 7.22. The molecule has 0 bridgehead atoms. The average Bonchev–Trinajstić information content (AvgIpc) is 2.18. The van der Waals surface area contributed by atoms with Gasteiger partial charge in [0.25, 0.3) is 0 Å². The van der Waals surface area contributed by atoms with Crippen molar-refractivity contribution in [3.05, 3.63) is 0 Å². The fourth-order valence-corrected chi connectivity index (χ4v) is 2.26. The average molecular weight is 213 g/mol. The highest BCUT2D eigenvalue weighted by molar-refractivity contribution is 5.73. The highest BCUT2D eigenvalue weighted by atomic mass is 16.5. The monoisotopic (exact) mass is 213 g/mol. The highest BCUT2D eigenvalue weighted by Gasteiger charge is 2.43. The fraction of sp³-hybridized carbons (Fsp3) is 0.900. The van der Waals surface area contributed by atoms with Gasteiger partial charge in [0.2, 0.25) is 5.91 Å². The van der Waals surface area contributed by atoms with E-state index in [-0.39, 0.29) is 11.4 Å². The van der Waals surface area contributed by atoms with Crippen LogP contribution >= 0.6 is 0 Å². The minimum absolute atomic E-state index is 0.0584. The van der Waals surface area contributed by atoms with Gasteiger partial charge in [0.05, 0.1) is 18.8 Å². The maximum atomic E-state index is 11.2. The molecule has 0 aliphatic carbocycles. The Balaban J connectivity index is 1.90. The van der Waals surface area contributed by atoms with Crippen molar-refractivity contribution in [3.8, 4) is 0 Å². The van der Waals surface area contributed by atoms with E-state index in [1.807, 2.05) is 4.90 Å². The standard InChI is InChI=1S/C10H19N3O2/c1-9(14)12-2-4-13(5-3-12)10(6-11)7-15-8-10/h2-8,11H2,1H3. The van der Waals surface area contributed by atoms with E-state index in [2.05, 4.69) is 4.90 Å². The quantitative estimate of drug-likeness (QED) is 0.631. The molecule has 0 atom stereocenters. The van der Waals surface area contributed by atoms with Crippen LogP contribution < -0.4 is 5.73 Å². The Morgan fingerprint density at radius 3 is 2.27 bits per heavy atom. The second kappa shape index (κ2) is 4.08. The smallest absolute Gasteiger partial charge is 0.219 e. The number of carbonyl (C=O) groups excluding carboxylic acids is 1. The van der Waals surface area contributed by atoms with E-state index >= 15 is 0 Å². The second-order valence-electron chi connectivity index (χ2n) is 4.41. The third-order valence-electron chi connectivity index (χ3n) is 3.52. The molecular weight excluding hydrogens is 194 g/mol. The molecule has 5 nitrogen and oxygen atoms in total. The molecule has 0 unspecified atom stereocenters. The van der Waals surface area contributed by atoms with Crippen molar-refractivity contribution in [2.24, 2.45) is 5.73 Å². The summed E-state index contributed by atoms with van der Waals surface area (Å²) in [4.78, 5) is 15.4. The number of hydrogen-bond acceptors (Lipinski definition) is 4. The van der Waals surface area contributed by atoms with Crippen LogP contribution in [-0.4, -0.2) is 67.2 Å². The number of hydrogen-bond donors (Lipinski definition) is 1. The van der Waals surface area contributed by atoms with E-state index in [4.69, 9.17) is 10.5 Å². The Labute approximate surface area is 90.1 Å². The predicted octanol–water partition coefficient (Wildman–Crippen LogP) is -1.12. The molecule has 2 aliphatic heterocycles. The second-order valence-corrected chi connectivity index (χ2v) is 4.41. The Morgan fingerprint density at radius 1 is 1.33 bits per heavy atom. The van der Waals surface area contributed by atoms with Crippen molar-refractivity contribution in [3.63, 3.8) is 0 Å². The molecule has 0 aromatic carbocycles. The molecule has 0 aromatic heterocycles. The van der Waals surface area contributed by atoms with Gasteiger partial charge in [-0.25, -0.2) is 0 Å². The first-order chi connectivity index (χ1) is 7.18. The Hall–Kier alpha value is -0.650. The molecule has 0 aromatic rings. The van der Waals surface area contributed by atoms with Gasteiger partial charge in [0.15, 0.2) is 0 Å². The first-order valence-corrected chi connectivity index (χ1v) is 5.46. The summed E-state index contributed by atoms with van der Waals surface area (Å²) in [6, 6.07) is 0. The minimum atomic E-state index is 0.0584. The lowest BCUT2D eigenvalue weighted by atomic mass is 9.94. The molecule has 0 spiro atoms. The van der Waals surface area contributed by atoms with Crippen LogP contribution in [0.3, 0.4) is 0 Å². The number of nitrogens with two attached hydrogens (primary N) is 1.